The van der Waals surface area contributed by atoms with E-state index in [1.165, 1.54) is 0 Å². The molecule has 1 saturated heterocycles. The molecule has 2 aromatic rings. The third kappa shape index (κ3) is 9.78. The van der Waals surface area contributed by atoms with Crippen molar-refractivity contribution in [1.29, 1.82) is 0 Å². The van der Waals surface area contributed by atoms with Gasteiger partial charge in [0.25, 0.3) is 5.91 Å². The number of aromatic nitrogens is 2. The number of imidazole rings is 1. The molecular weight excluding hydrogens is 540 g/mol. The highest BCUT2D eigenvalue weighted by molar-refractivity contribution is 5.94. The molecule has 5 N–H and O–H groups in total. The molecule has 2 heterocycles. The van der Waals surface area contributed by atoms with E-state index in [9.17, 15) is 24.3 Å². The van der Waals surface area contributed by atoms with E-state index in [1.54, 1.807) is 31.9 Å². The molecule has 1 fully saturated rings. The third-order valence-electron chi connectivity index (χ3n) is 6.87. The average Bonchev–Trinajstić information content (AvgIpc) is 3.32. The van der Waals surface area contributed by atoms with Crippen molar-refractivity contribution in [3.8, 4) is 0 Å². The molecule has 1 aliphatic heterocycles. The van der Waals surface area contributed by atoms with E-state index in [0.717, 1.165) is 11.3 Å². The second-order valence-electron chi connectivity index (χ2n) is 12.7. The molecule has 12 nitrogen and oxygen atoms in total. The lowest BCUT2D eigenvalue weighted by Crippen LogP contribution is -2.55. The monoisotopic (exact) mass is 584 g/mol. The van der Waals surface area contributed by atoms with Crippen LogP contribution in [0.15, 0.2) is 30.5 Å². The molecule has 1 aromatic carbocycles. The van der Waals surface area contributed by atoms with Crippen LogP contribution in [0.2, 0.25) is 0 Å². The summed E-state index contributed by atoms with van der Waals surface area (Å²) in [6, 6.07) is 6.10. The van der Waals surface area contributed by atoms with Crippen molar-refractivity contribution < 1.29 is 29.0 Å². The van der Waals surface area contributed by atoms with Gasteiger partial charge < -0.3 is 35.7 Å². The maximum absolute atomic E-state index is 12.6. The number of amides is 4. The number of likely N-dealkylation sites (tertiary alicyclic amines) is 1. The largest absolute Gasteiger partial charge is 0.480 e. The summed E-state index contributed by atoms with van der Waals surface area (Å²) in [7, 11) is 0. The molecular formula is C30H44N6O6. The standard InChI is InChI=1S/C30H44N6O6/c1-29(2,3)21-12-10-19(11-13-21)25(37)33-16-24-32-15-23(34-24)20-17-36(18-20)27(40)35-22(26(38)39)9-7-8-14-31-28(41)42-30(4,5)6/h10-13,15,20,22H,7-9,14,16-18H2,1-6H3,(H,31,41)(H,32,34)(H,33,37)(H,35,40)(H,38,39)/t22-/m0/s1. The van der Waals surface area contributed by atoms with Gasteiger partial charge in [0.05, 0.1) is 6.54 Å². The van der Waals surface area contributed by atoms with E-state index in [0.29, 0.717) is 43.9 Å². The van der Waals surface area contributed by atoms with Crippen LogP contribution >= 0.6 is 0 Å². The molecule has 0 aliphatic carbocycles. The molecule has 0 spiro atoms. The zero-order valence-corrected chi connectivity index (χ0v) is 25.4. The smallest absolute Gasteiger partial charge is 0.407 e. The van der Waals surface area contributed by atoms with Gasteiger partial charge in [-0.25, -0.2) is 19.4 Å². The van der Waals surface area contributed by atoms with Crippen LogP contribution in [0.3, 0.4) is 0 Å². The Morgan fingerprint density at radius 1 is 1.05 bits per heavy atom. The Hall–Kier alpha value is -4.09. The van der Waals surface area contributed by atoms with Gasteiger partial charge in [0, 0.05) is 43.0 Å². The van der Waals surface area contributed by atoms with E-state index in [2.05, 4.69) is 46.7 Å². The average molecular weight is 585 g/mol. The van der Waals surface area contributed by atoms with Crippen LogP contribution in [-0.2, 0) is 21.5 Å². The second-order valence-corrected chi connectivity index (χ2v) is 12.7. The highest BCUT2D eigenvalue weighted by Crippen LogP contribution is 2.26. The van der Waals surface area contributed by atoms with Crippen LogP contribution in [0.1, 0.15) is 94.2 Å². The molecule has 42 heavy (non-hydrogen) atoms. The van der Waals surface area contributed by atoms with Gasteiger partial charge in [-0.2, -0.15) is 0 Å². The number of rotatable bonds is 11. The lowest BCUT2D eigenvalue weighted by molar-refractivity contribution is -0.139. The summed E-state index contributed by atoms with van der Waals surface area (Å²) in [4.78, 5) is 57.6. The Labute approximate surface area is 247 Å². The Balaban J connectivity index is 1.37. The van der Waals surface area contributed by atoms with Crippen molar-refractivity contribution in [2.45, 2.75) is 90.3 Å². The molecule has 3 rings (SSSR count). The van der Waals surface area contributed by atoms with Crippen LogP contribution in [0, 0.1) is 0 Å². The van der Waals surface area contributed by atoms with E-state index in [4.69, 9.17) is 4.74 Å². The SMILES string of the molecule is CC(C)(C)OC(=O)NCCCC[C@H](NC(=O)N1CC(c2cnc(CNC(=O)c3ccc(C(C)(C)C)cc3)[nH]2)C1)C(=O)O. The van der Waals surface area contributed by atoms with Gasteiger partial charge in [-0.3, -0.25) is 4.79 Å². The molecule has 0 saturated carbocycles. The molecule has 0 radical (unpaired) electrons. The summed E-state index contributed by atoms with van der Waals surface area (Å²) in [5.41, 5.74) is 2.01. The number of H-pyrrole nitrogens is 1. The molecule has 1 aromatic heterocycles. The highest BCUT2D eigenvalue weighted by atomic mass is 16.6. The maximum atomic E-state index is 12.6. The molecule has 12 heteroatoms. The van der Waals surface area contributed by atoms with Gasteiger partial charge in [-0.15, -0.1) is 0 Å². The first-order valence-electron chi connectivity index (χ1n) is 14.3. The van der Waals surface area contributed by atoms with Gasteiger partial charge in [-0.05, 0) is 63.1 Å². The van der Waals surface area contributed by atoms with Crippen LogP contribution in [0.4, 0.5) is 9.59 Å². The van der Waals surface area contributed by atoms with Gasteiger partial charge in [0.15, 0.2) is 0 Å². The first-order chi connectivity index (χ1) is 19.6. The molecule has 4 amide bonds. The van der Waals surface area contributed by atoms with Crippen LogP contribution in [-0.4, -0.2) is 75.3 Å². The number of nitrogens with one attached hydrogen (secondary N) is 4. The predicted molar refractivity (Wildman–Crippen MR) is 157 cm³/mol. The van der Waals surface area contributed by atoms with Crippen LogP contribution in [0.25, 0.3) is 0 Å². The first-order valence-corrected chi connectivity index (χ1v) is 14.3. The van der Waals surface area contributed by atoms with Crippen molar-refractivity contribution in [2.24, 2.45) is 0 Å². The van der Waals surface area contributed by atoms with Crippen molar-refractivity contribution >= 4 is 24.0 Å². The lowest BCUT2D eigenvalue weighted by atomic mass is 9.87. The number of alkyl carbamates (subject to hydrolysis) is 1. The van der Waals surface area contributed by atoms with Crippen LogP contribution < -0.4 is 16.0 Å². The zero-order valence-electron chi connectivity index (χ0n) is 25.4. The van der Waals surface area contributed by atoms with Gasteiger partial charge in [0.1, 0.15) is 17.5 Å². The van der Waals surface area contributed by atoms with E-state index >= 15 is 0 Å². The number of aromatic amines is 1. The second kappa shape index (κ2) is 13.7. The first kappa shape index (κ1) is 32.4. The number of nitrogens with zero attached hydrogens (tertiary/aromatic N) is 2. The Kier molecular flexibility index (Phi) is 10.6. The van der Waals surface area contributed by atoms with Gasteiger partial charge >= 0.3 is 18.1 Å². The number of carbonyl (C=O) groups excluding carboxylic acids is 3. The number of aliphatic carboxylic acids is 1. The van der Waals surface area contributed by atoms with Crippen molar-refractivity contribution in [2.75, 3.05) is 19.6 Å². The fourth-order valence-electron chi connectivity index (χ4n) is 4.38. The summed E-state index contributed by atoms with van der Waals surface area (Å²) >= 11 is 0. The normalized spacial score (nSPS) is 14.5. The molecule has 1 atom stereocenters. The minimum absolute atomic E-state index is 0.0127. The number of ether oxygens (including phenoxy) is 1. The Morgan fingerprint density at radius 2 is 1.71 bits per heavy atom. The lowest BCUT2D eigenvalue weighted by Gasteiger charge is -2.39. The fraction of sp³-hybridized carbons (Fsp3) is 0.567. The van der Waals surface area contributed by atoms with Crippen molar-refractivity contribution in [3.05, 3.63) is 53.1 Å². The number of carbonyl (C=O) groups is 4. The summed E-state index contributed by atoms with van der Waals surface area (Å²) in [5.74, 6) is -0.641. The number of unbranched alkanes of at least 4 members (excludes halogenated alkanes) is 1. The third-order valence-corrected chi connectivity index (χ3v) is 6.87. The minimum Gasteiger partial charge on any atom is -0.480 e. The number of urea groups is 1. The predicted octanol–water partition coefficient (Wildman–Crippen LogP) is 3.89. The molecule has 0 unspecified atom stereocenters. The summed E-state index contributed by atoms with van der Waals surface area (Å²) < 4.78 is 5.16. The van der Waals surface area contributed by atoms with Crippen LogP contribution in [0.5, 0.6) is 0 Å². The van der Waals surface area contributed by atoms with Gasteiger partial charge in [-0.1, -0.05) is 32.9 Å². The number of hydrogen-bond acceptors (Lipinski definition) is 6. The molecule has 1 aliphatic rings. The number of carboxylic acids is 1. The topological polar surface area (TPSA) is 166 Å². The van der Waals surface area contributed by atoms with Gasteiger partial charge in [0.2, 0.25) is 0 Å². The highest BCUT2D eigenvalue weighted by Gasteiger charge is 2.34. The number of benzene rings is 1. The summed E-state index contributed by atoms with van der Waals surface area (Å²) in [6.45, 7) is 13.1. The molecule has 0 bridgehead atoms. The number of carboxylic acid groups (broad SMARTS) is 1. The number of hydrogen-bond donors (Lipinski definition) is 5. The van der Waals surface area contributed by atoms with Crippen molar-refractivity contribution in [1.82, 2.24) is 30.8 Å². The van der Waals surface area contributed by atoms with E-state index in [1.807, 2.05) is 24.3 Å². The molecule has 230 valence electrons. The Morgan fingerprint density at radius 3 is 2.31 bits per heavy atom. The maximum Gasteiger partial charge on any atom is 0.407 e. The van der Waals surface area contributed by atoms with Crippen molar-refractivity contribution in [3.63, 3.8) is 0 Å². The minimum atomic E-state index is -1.11. The van der Waals surface area contributed by atoms with E-state index in [-0.39, 0.29) is 30.2 Å². The Bertz CT molecular complexity index is 1240. The summed E-state index contributed by atoms with van der Waals surface area (Å²) in [5, 5.41) is 17.6. The zero-order chi connectivity index (χ0) is 31.1. The fourth-order valence-corrected chi connectivity index (χ4v) is 4.38. The summed E-state index contributed by atoms with van der Waals surface area (Å²) in [6.07, 6.45) is 2.48. The quantitative estimate of drug-likeness (QED) is 0.250. The van der Waals surface area contributed by atoms with E-state index < -0.39 is 29.7 Å².